The van der Waals surface area contributed by atoms with Crippen LogP contribution in [0.1, 0.15) is 11.7 Å². The van der Waals surface area contributed by atoms with Crippen LogP contribution in [0.5, 0.6) is 0 Å². The minimum atomic E-state index is -0.944. The lowest BCUT2D eigenvalue weighted by Gasteiger charge is -2.10. The van der Waals surface area contributed by atoms with Gasteiger partial charge >= 0.3 is 0 Å². The summed E-state index contributed by atoms with van der Waals surface area (Å²) in [6, 6.07) is 4.52. The second-order valence-electron chi connectivity index (χ2n) is 2.39. The van der Waals surface area contributed by atoms with Crippen molar-refractivity contribution in [2.45, 2.75) is 6.10 Å². The monoisotopic (exact) mass is 233 g/mol. The minimum absolute atomic E-state index is 0.0134. The van der Waals surface area contributed by atoms with Crippen molar-refractivity contribution < 1.29 is 9.50 Å². The lowest BCUT2D eigenvalue weighted by atomic mass is 10.1. The summed E-state index contributed by atoms with van der Waals surface area (Å²) >= 11 is 3.13. The number of nitrogens with two attached hydrogens (primary N) is 1. The maximum absolute atomic E-state index is 13.0. The number of rotatable bonds is 2. The SMILES string of the molecule is NC[C@@H](O)c1c(F)cccc1Br. The van der Waals surface area contributed by atoms with Gasteiger partial charge in [0.15, 0.2) is 0 Å². The zero-order valence-corrected chi connectivity index (χ0v) is 7.88. The summed E-state index contributed by atoms with van der Waals surface area (Å²) in [6.07, 6.45) is -0.944. The zero-order chi connectivity index (χ0) is 9.14. The molecule has 0 heterocycles. The molecule has 0 bridgehead atoms. The van der Waals surface area contributed by atoms with E-state index in [1.54, 1.807) is 12.1 Å². The number of hydrogen-bond acceptors (Lipinski definition) is 2. The number of aliphatic hydroxyl groups excluding tert-OH is 1. The zero-order valence-electron chi connectivity index (χ0n) is 6.30. The molecule has 0 aliphatic carbocycles. The fourth-order valence-electron chi connectivity index (χ4n) is 0.947. The standard InChI is InChI=1S/C8H9BrFNO/c9-5-2-1-3-6(10)8(5)7(12)4-11/h1-3,7,12H,4,11H2/t7-/m1/s1. The molecule has 0 aliphatic rings. The highest BCUT2D eigenvalue weighted by Crippen LogP contribution is 2.25. The second-order valence-corrected chi connectivity index (χ2v) is 3.24. The molecule has 1 atom stereocenters. The van der Waals surface area contributed by atoms with Crippen LogP contribution in [0.4, 0.5) is 4.39 Å². The largest absolute Gasteiger partial charge is 0.387 e. The van der Waals surface area contributed by atoms with Gasteiger partial charge in [-0.25, -0.2) is 4.39 Å². The van der Waals surface area contributed by atoms with Gasteiger partial charge in [-0.2, -0.15) is 0 Å². The molecule has 4 heteroatoms. The van der Waals surface area contributed by atoms with E-state index in [1.165, 1.54) is 6.07 Å². The maximum Gasteiger partial charge on any atom is 0.130 e. The van der Waals surface area contributed by atoms with E-state index in [2.05, 4.69) is 15.9 Å². The van der Waals surface area contributed by atoms with E-state index in [0.717, 1.165) is 0 Å². The van der Waals surface area contributed by atoms with E-state index in [9.17, 15) is 9.50 Å². The lowest BCUT2D eigenvalue weighted by molar-refractivity contribution is 0.181. The van der Waals surface area contributed by atoms with Crippen LogP contribution in [0.2, 0.25) is 0 Å². The first-order valence-corrected chi connectivity index (χ1v) is 4.28. The Balaban J connectivity index is 3.12. The van der Waals surface area contributed by atoms with Crippen molar-refractivity contribution in [3.63, 3.8) is 0 Å². The molecule has 0 amide bonds. The number of halogens is 2. The molecule has 3 N–H and O–H groups in total. The Hall–Kier alpha value is -0.450. The molecule has 12 heavy (non-hydrogen) atoms. The molecule has 0 radical (unpaired) electrons. The summed E-state index contributed by atoms with van der Waals surface area (Å²) < 4.78 is 13.6. The van der Waals surface area contributed by atoms with Crippen LogP contribution in [0.15, 0.2) is 22.7 Å². The number of hydrogen-bond donors (Lipinski definition) is 2. The van der Waals surface area contributed by atoms with Crippen LogP contribution in [0.3, 0.4) is 0 Å². The van der Waals surface area contributed by atoms with Gasteiger partial charge in [-0.05, 0) is 12.1 Å². The molecule has 0 aromatic heterocycles. The summed E-state index contributed by atoms with van der Waals surface area (Å²) in [6.45, 7) is 0.0134. The van der Waals surface area contributed by atoms with E-state index < -0.39 is 11.9 Å². The van der Waals surface area contributed by atoms with Gasteiger partial charge < -0.3 is 10.8 Å². The molecule has 0 spiro atoms. The van der Waals surface area contributed by atoms with Gasteiger partial charge in [-0.15, -0.1) is 0 Å². The molecule has 0 fully saturated rings. The van der Waals surface area contributed by atoms with Gasteiger partial charge in [0.05, 0.1) is 6.10 Å². The summed E-state index contributed by atoms with van der Waals surface area (Å²) in [5, 5.41) is 9.30. The van der Waals surface area contributed by atoms with E-state index in [0.29, 0.717) is 4.47 Å². The Morgan fingerprint density at radius 1 is 1.58 bits per heavy atom. The average Bonchev–Trinajstić information content (AvgIpc) is 2.03. The van der Waals surface area contributed by atoms with Gasteiger partial charge in [0.2, 0.25) is 0 Å². The fraction of sp³-hybridized carbons (Fsp3) is 0.250. The summed E-state index contributed by atoms with van der Waals surface area (Å²) in [5.74, 6) is -0.442. The molecule has 1 rings (SSSR count). The van der Waals surface area contributed by atoms with Crippen molar-refractivity contribution in [2.75, 3.05) is 6.54 Å². The summed E-state index contributed by atoms with van der Waals surface area (Å²) in [5.41, 5.74) is 5.43. The predicted molar refractivity (Wildman–Crippen MR) is 48.1 cm³/mol. The highest BCUT2D eigenvalue weighted by molar-refractivity contribution is 9.10. The fourth-order valence-corrected chi connectivity index (χ4v) is 1.55. The van der Waals surface area contributed by atoms with Crippen molar-refractivity contribution in [2.24, 2.45) is 5.73 Å². The van der Waals surface area contributed by atoms with E-state index in [4.69, 9.17) is 5.73 Å². The van der Waals surface area contributed by atoms with Crippen LogP contribution in [0, 0.1) is 5.82 Å². The molecule has 1 aromatic carbocycles. The van der Waals surface area contributed by atoms with Crippen molar-refractivity contribution in [1.82, 2.24) is 0 Å². The van der Waals surface area contributed by atoms with Crippen molar-refractivity contribution in [1.29, 1.82) is 0 Å². The van der Waals surface area contributed by atoms with Crippen LogP contribution in [-0.4, -0.2) is 11.7 Å². The quantitative estimate of drug-likeness (QED) is 0.815. The smallest absolute Gasteiger partial charge is 0.130 e. The van der Waals surface area contributed by atoms with E-state index in [1.807, 2.05) is 0 Å². The number of benzene rings is 1. The van der Waals surface area contributed by atoms with Crippen molar-refractivity contribution in [3.05, 3.63) is 34.1 Å². The van der Waals surface area contributed by atoms with E-state index >= 15 is 0 Å². The topological polar surface area (TPSA) is 46.2 Å². The molecular weight excluding hydrogens is 225 g/mol. The van der Waals surface area contributed by atoms with Gasteiger partial charge in [0, 0.05) is 16.6 Å². The lowest BCUT2D eigenvalue weighted by Crippen LogP contribution is -2.13. The first-order valence-electron chi connectivity index (χ1n) is 3.49. The molecule has 0 unspecified atom stereocenters. The van der Waals surface area contributed by atoms with Gasteiger partial charge in [0.25, 0.3) is 0 Å². The Morgan fingerprint density at radius 2 is 2.25 bits per heavy atom. The molecule has 0 saturated heterocycles. The third kappa shape index (κ3) is 1.83. The predicted octanol–water partition coefficient (Wildman–Crippen LogP) is 1.58. The highest BCUT2D eigenvalue weighted by Gasteiger charge is 2.13. The van der Waals surface area contributed by atoms with E-state index in [-0.39, 0.29) is 12.1 Å². The Morgan fingerprint density at radius 3 is 2.75 bits per heavy atom. The molecule has 2 nitrogen and oxygen atoms in total. The Labute approximate surface area is 78.3 Å². The third-order valence-corrected chi connectivity index (χ3v) is 2.25. The average molecular weight is 234 g/mol. The van der Waals surface area contributed by atoms with Gasteiger partial charge in [-0.3, -0.25) is 0 Å². The first kappa shape index (κ1) is 9.64. The molecule has 66 valence electrons. The Kier molecular flexibility index (Phi) is 3.20. The van der Waals surface area contributed by atoms with Gasteiger partial charge in [0.1, 0.15) is 5.82 Å². The molecule has 0 saturated carbocycles. The minimum Gasteiger partial charge on any atom is -0.387 e. The summed E-state index contributed by atoms with van der Waals surface area (Å²) in [4.78, 5) is 0. The molecule has 1 aromatic rings. The Bertz CT molecular complexity index is 260. The normalized spacial score (nSPS) is 13.0. The van der Waals surface area contributed by atoms with Crippen LogP contribution >= 0.6 is 15.9 Å². The van der Waals surface area contributed by atoms with Crippen LogP contribution < -0.4 is 5.73 Å². The van der Waals surface area contributed by atoms with Crippen LogP contribution in [0.25, 0.3) is 0 Å². The third-order valence-electron chi connectivity index (χ3n) is 1.56. The highest BCUT2D eigenvalue weighted by atomic mass is 79.9. The molecule has 0 aliphatic heterocycles. The molecular formula is C8H9BrFNO. The number of aliphatic hydroxyl groups is 1. The summed E-state index contributed by atoms with van der Waals surface area (Å²) in [7, 11) is 0. The van der Waals surface area contributed by atoms with Crippen molar-refractivity contribution >= 4 is 15.9 Å². The van der Waals surface area contributed by atoms with Crippen molar-refractivity contribution in [3.8, 4) is 0 Å². The van der Waals surface area contributed by atoms with Crippen LogP contribution in [-0.2, 0) is 0 Å². The second kappa shape index (κ2) is 3.98. The first-order chi connectivity index (χ1) is 5.66. The maximum atomic E-state index is 13.0. The van der Waals surface area contributed by atoms with Gasteiger partial charge in [-0.1, -0.05) is 22.0 Å².